The van der Waals surface area contributed by atoms with Crippen molar-refractivity contribution in [2.75, 3.05) is 18.5 Å². The quantitative estimate of drug-likeness (QED) is 0.728. The van der Waals surface area contributed by atoms with Crippen LogP contribution in [-0.2, 0) is 11.3 Å². The largest absolute Gasteiger partial charge is 0.344 e. The molecule has 0 bridgehead atoms. The molecule has 1 unspecified atom stereocenters. The summed E-state index contributed by atoms with van der Waals surface area (Å²) in [5.74, 6) is 1.01. The van der Waals surface area contributed by atoms with Crippen LogP contribution in [0.2, 0.25) is 0 Å². The van der Waals surface area contributed by atoms with Crippen LogP contribution in [0.15, 0.2) is 60.9 Å². The van der Waals surface area contributed by atoms with Crippen LogP contribution in [0.1, 0.15) is 18.4 Å². The Morgan fingerprint density at radius 3 is 2.73 bits per heavy atom. The fourth-order valence-electron chi connectivity index (χ4n) is 3.69. The average Bonchev–Trinajstić information content (AvgIpc) is 3.17. The summed E-state index contributed by atoms with van der Waals surface area (Å²) in [6.45, 7) is 1.46. The van der Waals surface area contributed by atoms with Crippen LogP contribution in [-0.4, -0.2) is 40.4 Å². The first-order valence-corrected chi connectivity index (χ1v) is 8.99. The van der Waals surface area contributed by atoms with Gasteiger partial charge in [-0.25, -0.2) is 9.97 Å². The fourth-order valence-corrected chi connectivity index (χ4v) is 3.69. The van der Waals surface area contributed by atoms with Crippen molar-refractivity contribution < 1.29 is 4.79 Å². The summed E-state index contributed by atoms with van der Waals surface area (Å²) in [5.41, 5.74) is 2.05. The normalized spacial score (nSPS) is 16.8. The second-order valence-corrected chi connectivity index (χ2v) is 6.75. The summed E-state index contributed by atoms with van der Waals surface area (Å²) >= 11 is 0. The number of carbonyl (C=O) groups excluding carboxylic acids is 1. The molecule has 0 saturated carbocycles. The van der Waals surface area contributed by atoms with Crippen molar-refractivity contribution in [1.82, 2.24) is 14.9 Å². The third kappa shape index (κ3) is 3.12. The van der Waals surface area contributed by atoms with Crippen molar-refractivity contribution in [2.24, 2.45) is 0 Å². The van der Waals surface area contributed by atoms with E-state index in [4.69, 9.17) is 0 Å². The van der Waals surface area contributed by atoms with E-state index in [0.717, 1.165) is 41.7 Å². The molecule has 1 saturated heterocycles. The van der Waals surface area contributed by atoms with Crippen molar-refractivity contribution in [3.05, 3.63) is 66.5 Å². The van der Waals surface area contributed by atoms with E-state index in [9.17, 15) is 4.79 Å². The van der Waals surface area contributed by atoms with Gasteiger partial charge in [-0.05, 0) is 30.5 Å². The van der Waals surface area contributed by atoms with Gasteiger partial charge in [0.2, 0.25) is 5.91 Å². The van der Waals surface area contributed by atoms with Crippen LogP contribution in [0.4, 0.5) is 5.82 Å². The number of anilines is 1. The standard InChI is InChI=1S/C21H22N4O/c1-24(14-16-8-3-2-4-9-16)21(26)19-12-7-13-25(19)20-17-10-5-6-11-18(17)22-15-23-20/h2-6,8-11,15,19H,7,12-14H2,1H3. The molecule has 1 aromatic heterocycles. The van der Waals surface area contributed by atoms with Crippen LogP contribution in [0.25, 0.3) is 10.9 Å². The lowest BCUT2D eigenvalue weighted by Crippen LogP contribution is -2.44. The number of fused-ring (bicyclic) bond motifs is 1. The van der Waals surface area contributed by atoms with Gasteiger partial charge in [-0.1, -0.05) is 42.5 Å². The minimum absolute atomic E-state index is 0.147. The molecule has 0 N–H and O–H groups in total. The highest BCUT2D eigenvalue weighted by atomic mass is 16.2. The summed E-state index contributed by atoms with van der Waals surface area (Å²) < 4.78 is 0. The van der Waals surface area contributed by atoms with Gasteiger partial charge in [0.25, 0.3) is 0 Å². The van der Waals surface area contributed by atoms with Crippen molar-refractivity contribution in [3.8, 4) is 0 Å². The van der Waals surface area contributed by atoms with Crippen LogP contribution >= 0.6 is 0 Å². The summed E-state index contributed by atoms with van der Waals surface area (Å²) in [7, 11) is 1.88. The Labute approximate surface area is 153 Å². The van der Waals surface area contributed by atoms with E-state index in [1.54, 1.807) is 6.33 Å². The molecule has 1 fully saturated rings. The summed E-state index contributed by atoms with van der Waals surface area (Å²) in [5, 5.41) is 1.00. The monoisotopic (exact) mass is 346 g/mol. The molecule has 0 spiro atoms. The number of rotatable bonds is 4. The van der Waals surface area contributed by atoms with Crippen LogP contribution in [0.5, 0.6) is 0 Å². The van der Waals surface area contributed by atoms with Gasteiger partial charge in [0, 0.05) is 25.5 Å². The predicted octanol–water partition coefficient (Wildman–Crippen LogP) is 3.26. The Kier molecular flexibility index (Phi) is 4.52. The minimum Gasteiger partial charge on any atom is -0.344 e. The summed E-state index contributed by atoms with van der Waals surface area (Å²) in [6, 6.07) is 17.9. The maximum Gasteiger partial charge on any atom is 0.245 e. The number of likely N-dealkylation sites (N-methyl/N-ethyl adjacent to an activating group) is 1. The van der Waals surface area contributed by atoms with E-state index in [1.807, 2.05) is 66.5 Å². The summed E-state index contributed by atoms with van der Waals surface area (Å²) in [6.07, 6.45) is 3.44. The molecule has 2 aromatic carbocycles. The lowest BCUT2D eigenvalue weighted by Gasteiger charge is -2.29. The number of para-hydroxylation sites is 1. The molecule has 1 aliphatic heterocycles. The van der Waals surface area contributed by atoms with Gasteiger partial charge in [-0.3, -0.25) is 4.79 Å². The third-order valence-corrected chi connectivity index (χ3v) is 4.97. The highest BCUT2D eigenvalue weighted by molar-refractivity contribution is 5.93. The van der Waals surface area contributed by atoms with Crippen molar-refractivity contribution >= 4 is 22.6 Å². The molecule has 4 rings (SSSR count). The molecule has 1 amide bonds. The smallest absolute Gasteiger partial charge is 0.245 e. The maximum absolute atomic E-state index is 13.1. The van der Waals surface area contributed by atoms with Crippen molar-refractivity contribution in [1.29, 1.82) is 0 Å². The van der Waals surface area contributed by atoms with E-state index in [2.05, 4.69) is 14.9 Å². The molecule has 1 aliphatic rings. The number of amides is 1. The molecule has 132 valence electrons. The average molecular weight is 346 g/mol. The predicted molar refractivity (Wildman–Crippen MR) is 103 cm³/mol. The summed E-state index contributed by atoms with van der Waals surface area (Å²) in [4.78, 5) is 25.9. The van der Waals surface area contributed by atoms with E-state index in [1.165, 1.54) is 0 Å². The first-order chi connectivity index (χ1) is 12.7. The first kappa shape index (κ1) is 16.5. The molecule has 3 aromatic rings. The Balaban J connectivity index is 1.59. The third-order valence-electron chi connectivity index (χ3n) is 4.97. The van der Waals surface area contributed by atoms with Crippen molar-refractivity contribution in [2.45, 2.75) is 25.4 Å². The van der Waals surface area contributed by atoms with Crippen molar-refractivity contribution in [3.63, 3.8) is 0 Å². The molecular formula is C21H22N4O. The van der Waals surface area contributed by atoms with Crippen LogP contribution < -0.4 is 4.90 Å². The van der Waals surface area contributed by atoms with Gasteiger partial charge in [0.15, 0.2) is 0 Å². The van der Waals surface area contributed by atoms with Gasteiger partial charge in [0.1, 0.15) is 18.2 Å². The van der Waals surface area contributed by atoms with Crippen LogP contribution in [0, 0.1) is 0 Å². The maximum atomic E-state index is 13.1. The van der Waals surface area contributed by atoms with Gasteiger partial charge in [0.05, 0.1) is 5.52 Å². The number of hydrogen-bond acceptors (Lipinski definition) is 4. The van der Waals surface area contributed by atoms with Gasteiger partial charge in [-0.15, -0.1) is 0 Å². The van der Waals surface area contributed by atoms with E-state index in [0.29, 0.717) is 6.54 Å². The van der Waals surface area contributed by atoms with Gasteiger partial charge >= 0.3 is 0 Å². The van der Waals surface area contributed by atoms with Crippen LogP contribution in [0.3, 0.4) is 0 Å². The first-order valence-electron chi connectivity index (χ1n) is 8.99. The zero-order valence-electron chi connectivity index (χ0n) is 14.9. The Hall–Kier alpha value is -2.95. The molecular weight excluding hydrogens is 324 g/mol. The Morgan fingerprint density at radius 1 is 1.12 bits per heavy atom. The molecule has 5 heteroatoms. The molecule has 2 heterocycles. The van der Waals surface area contributed by atoms with E-state index in [-0.39, 0.29) is 11.9 Å². The zero-order valence-corrected chi connectivity index (χ0v) is 14.9. The molecule has 0 radical (unpaired) electrons. The highest BCUT2D eigenvalue weighted by Crippen LogP contribution is 2.30. The molecule has 5 nitrogen and oxygen atoms in total. The molecule has 0 aliphatic carbocycles. The zero-order chi connectivity index (χ0) is 17.9. The topological polar surface area (TPSA) is 49.3 Å². The number of hydrogen-bond donors (Lipinski definition) is 0. The number of aromatic nitrogens is 2. The van der Waals surface area contributed by atoms with Gasteiger partial charge < -0.3 is 9.80 Å². The SMILES string of the molecule is CN(Cc1ccccc1)C(=O)C1CCCN1c1ncnc2ccccc12. The highest BCUT2D eigenvalue weighted by Gasteiger charge is 2.34. The second kappa shape index (κ2) is 7.12. The Morgan fingerprint density at radius 2 is 1.88 bits per heavy atom. The Bertz CT molecular complexity index is 907. The lowest BCUT2D eigenvalue weighted by molar-refractivity contribution is -0.131. The second-order valence-electron chi connectivity index (χ2n) is 6.75. The molecule has 1 atom stereocenters. The number of nitrogens with zero attached hydrogens (tertiary/aromatic N) is 4. The van der Waals surface area contributed by atoms with Gasteiger partial charge in [-0.2, -0.15) is 0 Å². The minimum atomic E-state index is -0.165. The molecule has 26 heavy (non-hydrogen) atoms. The van der Waals surface area contributed by atoms with E-state index >= 15 is 0 Å². The number of carbonyl (C=O) groups is 1. The van der Waals surface area contributed by atoms with E-state index < -0.39 is 0 Å². The lowest BCUT2D eigenvalue weighted by atomic mass is 10.1. The number of benzene rings is 2. The fraction of sp³-hybridized carbons (Fsp3) is 0.286.